The normalized spacial score (nSPS) is 24.9. The fourth-order valence-electron chi connectivity index (χ4n) is 3.53. The van der Waals surface area contributed by atoms with Crippen LogP contribution in [0.3, 0.4) is 0 Å². The first-order valence-electron chi connectivity index (χ1n) is 9.08. The Balaban J connectivity index is 1.63. The van der Waals surface area contributed by atoms with E-state index in [1.165, 1.54) is 0 Å². The van der Waals surface area contributed by atoms with Crippen LogP contribution in [0.4, 0.5) is 5.69 Å². The van der Waals surface area contributed by atoms with Crippen molar-refractivity contribution in [2.45, 2.75) is 32.3 Å². The lowest BCUT2D eigenvalue weighted by atomic mass is 10.1. The number of aliphatic imine (C=N–C) groups is 1. The average Bonchev–Trinajstić information content (AvgIpc) is 3.20. The first-order chi connectivity index (χ1) is 12.1. The van der Waals surface area contributed by atoms with Crippen LogP contribution in [0, 0.1) is 5.92 Å². The van der Waals surface area contributed by atoms with E-state index in [0.29, 0.717) is 19.6 Å². The van der Waals surface area contributed by atoms with E-state index in [1.807, 2.05) is 25.1 Å². The topological polar surface area (TPSA) is 86.0 Å². The Hall–Kier alpha value is -2.09. The van der Waals surface area contributed by atoms with Crippen molar-refractivity contribution < 1.29 is 9.90 Å². The second kappa shape index (κ2) is 7.86. The van der Waals surface area contributed by atoms with Gasteiger partial charge in [-0.2, -0.15) is 5.10 Å². The Bertz CT molecular complexity index is 628. The Morgan fingerprint density at radius 3 is 2.88 bits per heavy atom. The highest BCUT2D eigenvalue weighted by Crippen LogP contribution is 2.25. The number of guanidine groups is 1. The van der Waals surface area contributed by atoms with Crippen LogP contribution in [0.25, 0.3) is 0 Å². The van der Waals surface area contributed by atoms with Gasteiger partial charge in [0, 0.05) is 45.3 Å². The maximum absolute atomic E-state index is 12.6. The van der Waals surface area contributed by atoms with Crippen molar-refractivity contribution in [2.24, 2.45) is 18.0 Å². The summed E-state index contributed by atoms with van der Waals surface area (Å²) < 4.78 is 1.70. The van der Waals surface area contributed by atoms with Gasteiger partial charge in [-0.25, -0.2) is 0 Å². The largest absolute Gasteiger partial charge is 0.393 e. The van der Waals surface area contributed by atoms with Gasteiger partial charge in [0.15, 0.2) is 5.96 Å². The molecule has 2 aliphatic rings. The molecule has 2 unspecified atom stereocenters. The molecule has 2 N–H and O–H groups in total. The number of anilines is 1. The molecule has 8 heteroatoms. The van der Waals surface area contributed by atoms with Crippen LogP contribution >= 0.6 is 0 Å². The fourth-order valence-corrected chi connectivity index (χ4v) is 3.53. The van der Waals surface area contributed by atoms with E-state index < -0.39 is 0 Å². The van der Waals surface area contributed by atoms with Gasteiger partial charge in [0.05, 0.1) is 18.0 Å². The standard InChI is InChI=1S/C17H28N6O2/c1-3-18-17(19-9-13-5-4-6-15(13)24)22-7-8-23(16(25)12-22)14-10-20-21(2)11-14/h10-11,13,15,24H,3-9,12H2,1-2H3,(H,18,19). The second-order valence-corrected chi connectivity index (χ2v) is 6.79. The lowest BCUT2D eigenvalue weighted by Crippen LogP contribution is -2.55. The number of rotatable bonds is 4. The van der Waals surface area contributed by atoms with Crippen molar-refractivity contribution in [2.75, 3.05) is 37.6 Å². The highest BCUT2D eigenvalue weighted by atomic mass is 16.3. The molecule has 1 aliphatic carbocycles. The maximum Gasteiger partial charge on any atom is 0.246 e. The van der Waals surface area contributed by atoms with Crippen LogP contribution < -0.4 is 10.2 Å². The van der Waals surface area contributed by atoms with Crippen LogP contribution in [-0.2, 0) is 11.8 Å². The number of aryl methyl sites for hydroxylation is 1. The fraction of sp³-hybridized carbons (Fsp3) is 0.706. The van der Waals surface area contributed by atoms with Gasteiger partial charge >= 0.3 is 0 Å². The monoisotopic (exact) mass is 348 g/mol. The summed E-state index contributed by atoms with van der Waals surface area (Å²) in [4.78, 5) is 21.0. The van der Waals surface area contributed by atoms with Crippen molar-refractivity contribution in [1.82, 2.24) is 20.0 Å². The molecule has 1 aromatic heterocycles. The number of amides is 1. The molecule has 1 saturated carbocycles. The smallest absolute Gasteiger partial charge is 0.246 e. The van der Waals surface area contributed by atoms with Gasteiger partial charge in [0.25, 0.3) is 0 Å². The highest BCUT2D eigenvalue weighted by molar-refractivity contribution is 5.98. The van der Waals surface area contributed by atoms with Crippen molar-refractivity contribution in [3.63, 3.8) is 0 Å². The summed E-state index contributed by atoms with van der Waals surface area (Å²) in [6.07, 6.45) is 6.30. The minimum Gasteiger partial charge on any atom is -0.393 e. The first-order valence-corrected chi connectivity index (χ1v) is 9.08. The summed E-state index contributed by atoms with van der Waals surface area (Å²) in [6, 6.07) is 0. The Labute approximate surface area is 148 Å². The van der Waals surface area contributed by atoms with Gasteiger partial charge in [0.1, 0.15) is 6.54 Å². The quantitative estimate of drug-likeness (QED) is 0.599. The van der Waals surface area contributed by atoms with Crippen molar-refractivity contribution in [1.29, 1.82) is 0 Å². The third-order valence-corrected chi connectivity index (χ3v) is 4.95. The van der Waals surface area contributed by atoms with Crippen LogP contribution in [0.5, 0.6) is 0 Å². The van der Waals surface area contributed by atoms with E-state index in [-0.39, 0.29) is 17.9 Å². The summed E-state index contributed by atoms with van der Waals surface area (Å²) in [5.74, 6) is 1.05. The minimum atomic E-state index is -0.240. The molecule has 0 aromatic carbocycles. The van der Waals surface area contributed by atoms with Gasteiger partial charge in [-0.05, 0) is 19.8 Å². The van der Waals surface area contributed by atoms with Gasteiger partial charge < -0.3 is 20.2 Å². The first kappa shape index (κ1) is 17.7. The molecule has 2 atom stereocenters. The number of aliphatic hydroxyl groups excluding tert-OH is 1. The zero-order valence-electron chi connectivity index (χ0n) is 15.1. The number of aliphatic hydroxyl groups is 1. The SMILES string of the molecule is CCNC(=NCC1CCCC1O)N1CCN(c2cnn(C)c2)C(=O)C1. The molecule has 1 aliphatic heterocycles. The van der Waals surface area contributed by atoms with Gasteiger partial charge in [-0.3, -0.25) is 14.5 Å². The summed E-state index contributed by atoms with van der Waals surface area (Å²) in [5.41, 5.74) is 0.836. The summed E-state index contributed by atoms with van der Waals surface area (Å²) in [5, 5.41) is 17.4. The Morgan fingerprint density at radius 2 is 2.28 bits per heavy atom. The number of carbonyl (C=O) groups is 1. The molecule has 0 radical (unpaired) electrons. The lowest BCUT2D eigenvalue weighted by molar-refractivity contribution is -0.120. The number of hydrogen-bond acceptors (Lipinski definition) is 4. The highest BCUT2D eigenvalue weighted by Gasteiger charge is 2.29. The Kier molecular flexibility index (Phi) is 5.57. The number of aromatic nitrogens is 2. The molecule has 8 nitrogen and oxygen atoms in total. The minimum absolute atomic E-state index is 0.0470. The molecule has 0 spiro atoms. The molecule has 138 valence electrons. The molecule has 0 bridgehead atoms. The molecule has 1 aromatic rings. The van der Waals surface area contributed by atoms with E-state index in [1.54, 1.807) is 15.8 Å². The average molecular weight is 348 g/mol. The number of carbonyl (C=O) groups excluding carboxylic acids is 1. The van der Waals surface area contributed by atoms with Crippen LogP contribution in [-0.4, -0.2) is 70.5 Å². The summed E-state index contributed by atoms with van der Waals surface area (Å²) >= 11 is 0. The molecule has 3 rings (SSSR count). The molecular formula is C17H28N6O2. The van der Waals surface area contributed by atoms with Gasteiger partial charge in [0.2, 0.25) is 5.91 Å². The van der Waals surface area contributed by atoms with Crippen molar-refractivity contribution in [3.05, 3.63) is 12.4 Å². The maximum atomic E-state index is 12.6. The summed E-state index contributed by atoms with van der Waals surface area (Å²) in [6.45, 7) is 5.02. The zero-order valence-corrected chi connectivity index (χ0v) is 15.1. The van der Waals surface area contributed by atoms with Gasteiger partial charge in [-0.15, -0.1) is 0 Å². The third-order valence-electron chi connectivity index (χ3n) is 4.95. The lowest BCUT2D eigenvalue weighted by Gasteiger charge is -2.35. The number of piperazine rings is 1. The third kappa shape index (κ3) is 4.12. The Morgan fingerprint density at radius 1 is 1.44 bits per heavy atom. The van der Waals surface area contributed by atoms with Crippen LogP contribution in [0.1, 0.15) is 26.2 Å². The molecule has 25 heavy (non-hydrogen) atoms. The van der Waals surface area contributed by atoms with E-state index in [4.69, 9.17) is 4.99 Å². The molecule has 2 fully saturated rings. The molecule has 1 saturated heterocycles. The van der Waals surface area contributed by atoms with E-state index in [0.717, 1.165) is 44.0 Å². The number of nitrogens with zero attached hydrogens (tertiary/aromatic N) is 5. The van der Waals surface area contributed by atoms with Crippen molar-refractivity contribution in [3.8, 4) is 0 Å². The van der Waals surface area contributed by atoms with Crippen molar-refractivity contribution >= 4 is 17.6 Å². The number of hydrogen-bond donors (Lipinski definition) is 2. The van der Waals surface area contributed by atoms with Crippen LogP contribution in [0.15, 0.2) is 17.4 Å². The van der Waals surface area contributed by atoms with Crippen LogP contribution in [0.2, 0.25) is 0 Å². The zero-order chi connectivity index (χ0) is 17.8. The summed E-state index contributed by atoms with van der Waals surface area (Å²) in [7, 11) is 1.84. The molecule has 1 amide bonds. The van der Waals surface area contributed by atoms with E-state index in [9.17, 15) is 9.90 Å². The second-order valence-electron chi connectivity index (χ2n) is 6.79. The number of nitrogens with one attached hydrogen (secondary N) is 1. The van der Waals surface area contributed by atoms with E-state index >= 15 is 0 Å². The molecule has 2 heterocycles. The predicted molar refractivity (Wildman–Crippen MR) is 96.5 cm³/mol. The van der Waals surface area contributed by atoms with Gasteiger partial charge in [-0.1, -0.05) is 6.42 Å². The van der Waals surface area contributed by atoms with E-state index in [2.05, 4.69) is 10.4 Å². The predicted octanol–water partition coefficient (Wildman–Crippen LogP) is 0.195. The molecular weight excluding hydrogens is 320 g/mol.